The molecule has 0 amide bonds. The van der Waals surface area contributed by atoms with Gasteiger partial charge in [-0.05, 0) is 18.2 Å². The Hall–Kier alpha value is -2.50. The minimum absolute atomic E-state index is 0.299. The van der Waals surface area contributed by atoms with Crippen LogP contribution in [0.4, 0.5) is 14.5 Å². The minimum Gasteiger partial charge on any atom is -0.505 e. The Labute approximate surface area is 101 Å². The molecule has 6 heteroatoms. The Morgan fingerprint density at radius 1 is 0.944 bits per heavy atom. The molecule has 0 aliphatic carbocycles. The summed E-state index contributed by atoms with van der Waals surface area (Å²) in [4.78, 5) is 9.23. The van der Waals surface area contributed by atoms with Gasteiger partial charge in [-0.15, -0.1) is 0 Å². The third kappa shape index (κ3) is 3.82. The topological polar surface area (TPSA) is 63.4 Å². The van der Waals surface area contributed by atoms with E-state index in [0.717, 1.165) is 12.1 Å². The normalized spacial score (nSPS) is 9.22. The fraction of sp³-hybridized carbons (Fsp3) is 0. The lowest BCUT2D eigenvalue weighted by Gasteiger charge is -1.89. The molecule has 0 atom stereocenters. The third-order valence-electron chi connectivity index (χ3n) is 1.90. The number of benzene rings is 2. The highest BCUT2D eigenvalue weighted by Gasteiger charge is 2.10. The van der Waals surface area contributed by atoms with Crippen LogP contribution in [0.15, 0.2) is 48.5 Å². The summed E-state index contributed by atoms with van der Waals surface area (Å²) in [6.45, 7) is 0. The van der Waals surface area contributed by atoms with E-state index in [1.165, 1.54) is 30.3 Å². The second-order valence-electron chi connectivity index (χ2n) is 3.16. The van der Waals surface area contributed by atoms with Crippen LogP contribution in [0.3, 0.4) is 0 Å². The molecule has 0 saturated carbocycles. The van der Waals surface area contributed by atoms with Crippen LogP contribution in [0.2, 0.25) is 0 Å². The van der Waals surface area contributed by atoms with E-state index in [4.69, 9.17) is 5.11 Å². The summed E-state index contributed by atoms with van der Waals surface area (Å²) in [5, 5.41) is 18.5. The number of halogens is 2. The molecule has 0 radical (unpaired) electrons. The van der Waals surface area contributed by atoms with E-state index in [1.54, 1.807) is 6.07 Å². The van der Waals surface area contributed by atoms with E-state index in [1.807, 2.05) is 0 Å². The lowest BCUT2D eigenvalue weighted by molar-refractivity contribution is -0.387. The van der Waals surface area contributed by atoms with Crippen molar-refractivity contribution in [2.45, 2.75) is 0 Å². The minimum atomic E-state index is -0.799. The smallest absolute Gasteiger partial charge is 0.304 e. The maximum absolute atomic E-state index is 12.4. The summed E-state index contributed by atoms with van der Waals surface area (Å²) >= 11 is 0. The summed E-state index contributed by atoms with van der Waals surface area (Å²) in [6, 6.07) is 10.6. The van der Waals surface area contributed by atoms with Crippen molar-refractivity contribution < 1.29 is 18.8 Å². The molecule has 18 heavy (non-hydrogen) atoms. The first kappa shape index (κ1) is 13.6. The average Bonchev–Trinajstić information content (AvgIpc) is 2.34. The van der Waals surface area contributed by atoms with Crippen molar-refractivity contribution in [2.24, 2.45) is 0 Å². The van der Waals surface area contributed by atoms with Crippen LogP contribution in [0.25, 0.3) is 0 Å². The zero-order valence-corrected chi connectivity index (χ0v) is 9.09. The van der Waals surface area contributed by atoms with Crippen LogP contribution < -0.4 is 0 Å². The maximum atomic E-state index is 12.4. The van der Waals surface area contributed by atoms with E-state index in [-0.39, 0.29) is 5.75 Å². The number of rotatable bonds is 1. The van der Waals surface area contributed by atoms with Crippen molar-refractivity contribution in [1.29, 1.82) is 0 Å². The molecular weight excluding hydrogens is 244 g/mol. The van der Waals surface area contributed by atoms with Crippen LogP contribution >= 0.6 is 0 Å². The second-order valence-corrected chi connectivity index (χ2v) is 3.16. The lowest BCUT2D eigenvalue weighted by Crippen LogP contribution is -1.90. The van der Waals surface area contributed by atoms with Crippen LogP contribution in [-0.4, -0.2) is 10.0 Å². The molecule has 94 valence electrons. The first-order valence-electron chi connectivity index (χ1n) is 4.85. The van der Waals surface area contributed by atoms with E-state index in [0.29, 0.717) is 0 Å². The molecule has 4 nitrogen and oxygen atoms in total. The molecule has 0 aromatic heterocycles. The van der Waals surface area contributed by atoms with Gasteiger partial charge in [0.25, 0.3) is 0 Å². The van der Waals surface area contributed by atoms with Crippen LogP contribution in [0.1, 0.15) is 0 Å². The molecule has 2 aromatic carbocycles. The number of nitro groups is 1. The average molecular weight is 253 g/mol. The van der Waals surface area contributed by atoms with Gasteiger partial charge in [0.05, 0.1) is 4.92 Å². The number of phenolic OH excluding ortho intramolecular Hbond substituents is 1. The fourth-order valence-corrected chi connectivity index (χ4v) is 1.05. The van der Waals surface area contributed by atoms with E-state index >= 15 is 0 Å². The van der Waals surface area contributed by atoms with Crippen molar-refractivity contribution in [3.8, 4) is 5.75 Å². The molecule has 2 rings (SSSR count). The Morgan fingerprint density at radius 2 is 1.44 bits per heavy atom. The number of nitro benzene ring substituents is 1. The van der Waals surface area contributed by atoms with Gasteiger partial charge in [-0.2, -0.15) is 4.39 Å². The summed E-state index contributed by atoms with van der Waals surface area (Å²) in [5.41, 5.74) is -0.484. The number of nitrogens with zero attached hydrogens (tertiary/aromatic N) is 1. The lowest BCUT2D eigenvalue weighted by atomic mass is 10.3. The van der Waals surface area contributed by atoms with Gasteiger partial charge in [-0.3, -0.25) is 10.1 Å². The highest BCUT2D eigenvalue weighted by Crippen LogP contribution is 2.14. The summed E-state index contributed by atoms with van der Waals surface area (Å²) in [7, 11) is 0. The van der Waals surface area contributed by atoms with E-state index < -0.39 is 22.2 Å². The molecule has 0 saturated heterocycles. The number of aromatic hydroxyl groups is 1. The first-order chi connectivity index (χ1) is 8.52. The second kappa shape index (κ2) is 6.29. The molecule has 0 fully saturated rings. The predicted octanol–water partition coefficient (Wildman–Crippen LogP) is 3.27. The predicted molar refractivity (Wildman–Crippen MR) is 61.1 cm³/mol. The van der Waals surface area contributed by atoms with Gasteiger partial charge >= 0.3 is 5.69 Å². The number of hydrogen-bond acceptors (Lipinski definition) is 3. The molecule has 0 unspecified atom stereocenters. The molecule has 0 heterocycles. The first-order valence-corrected chi connectivity index (χ1v) is 4.85. The Morgan fingerprint density at radius 3 is 1.78 bits per heavy atom. The quantitative estimate of drug-likeness (QED) is 0.626. The fourth-order valence-electron chi connectivity index (χ4n) is 1.05. The van der Waals surface area contributed by atoms with Crippen LogP contribution in [0.5, 0.6) is 5.75 Å². The Kier molecular flexibility index (Phi) is 4.74. The Balaban J connectivity index is 0.000000184. The van der Waals surface area contributed by atoms with Crippen LogP contribution in [-0.2, 0) is 0 Å². The van der Waals surface area contributed by atoms with Crippen molar-refractivity contribution in [2.75, 3.05) is 0 Å². The molecule has 0 spiro atoms. The molecule has 2 aromatic rings. The summed E-state index contributed by atoms with van der Waals surface area (Å²) in [6.07, 6.45) is 0. The van der Waals surface area contributed by atoms with Gasteiger partial charge in [0.2, 0.25) is 5.82 Å². The van der Waals surface area contributed by atoms with E-state index in [2.05, 4.69) is 0 Å². The van der Waals surface area contributed by atoms with Gasteiger partial charge < -0.3 is 5.11 Å². The SMILES string of the molecule is O=[N+]([O-])c1ccccc1F.Oc1ccccc1F. The Bertz CT molecular complexity index is 525. The summed E-state index contributed by atoms with van der Waals surface area (Å²) < 4.78 is 24.5. The summed E-state index contributed by atoms with van der Waals surface area (Å²) in [5.74, 6) is -1.67. The zero-order valence-electron chi connectivity index (χ0n) is 9.09. The van der Waals surface area contributed by atoms with Gasteiger partial charge in [-0.25, -0.2) is 4.39 Å². The molecular formula is C12H9F2NO3. The van der Waals surface area contributed by atoms with Gasteiger partial charge in [0.15, 0.2) is 11.6 Å². The third-order valence-corrected chi connectivity index (χ3v) is 1.90. The molecule has 0 aliphatic heterocycles. The number of hydrogen-bond donors (Lipinski definition) is 1. The molecule has 1 N–H and O–H groups in total. The van der Waals surface area contributed by atoms with Crippen LogP contribution in [0, 0.1) is 21.7 Å². The van der Waals surface area contributed by atoms with Gasteiger partial charge in [0.1, 0.15) is 0 Å². The number of para-hydroxylation sites is 2. The maximum Gasteiger partial charge on any atom is 0.304 e. The molecule has 0 aliphatic rings. The van der Waals surface area contributed by atoms with Crippen molar-refractivity contribution >= 4 is 5.69 Å². The van der Waals surface area contributed by atoms with Crippen molar-refractivity contribution in [3.63, 3.8) is 0 Å². The highest BCUT2D eigenvalue weighted by atomic mass is 19.1. The van der Waals surface area contributed by atoms with Gasteiger partial charge in [-0.1, -0.05) is 24.3 Å². The zero-order chi connectivity index (χ0) is 13.5. The monoisotopic (exact) mass is 253 g/mol. The number of phenols is 1. The van der Waals surface area contributed by atoms with E-state index in [9.17, 15) is 18.9 Å². The van der Waals surface area contributed by atoms with Gasteiger partial charge in [0, 0.05) is 6.07 Å². The largest absolute Gasteiger partial charge is 0.505 e. The molecule has 0 bridgehead atoms. The highest BCUT2D eigenvalue weighted by molar-refractivity contribution is 5.30. The van der Waals surface area contributed by atoms with Crippen molar-refractivity contribution in [1.82, 2.24) is 0 Å². The standard InChI is InChI=1S/C6H4FNO2.C6H5FO/c7-5-3-1-2-4-6(5)8(9)10;7-5-3-1-2-4-6(5)8/h1-4H;1-4,8H. The van der Waals surface area contributed by atoms with Crippen molar-refractivity contribution in [3.05, 3.63) is 70.3 Å².